The van der Waals surface area contributed by atoms with Crippen molar-refractivity contribution in [2.75, 3.05) is 21.0 Å². The van der Waals surface area contributed by atoms with Crippen LogP contribution in [-0.4, -0.2) is 32.8 Å². The van der Waals surface area contributed by atoms with Crippen molar-refractivity contribution in [1.29, 1.82) is 0 Å². The van der Waals surface area contributed by atoms with E-state index in [0.29, 0.717) is 21.2 Å². The van der Waals surface area contributed by atoms with Crippen molar-refractivity contribution < 1.29 is 19.1 Å². The topological polar surface area (TPSA) is 64.6 Å². The molecular weight excluding hydrogens is 329 g/mol. The van der Waals surface area contributed by atoms with Crippen LogP contribution in [0.25, 0.3) is 5.57 Å². The zero-order chi connectivity index (χ0) is 16.5. The third-order valence-corrected chi connectivity index (χ3v) is 3.29. The molecule has 1 aromatic carbocycles. The Hall–Kier alpha value is -1.82. The van der Waals surface area contributed by atoms with E-state index < -0.39 is 5.97 Å². The summed E-state index contributed by atoms with van der Waals surface area (Å²) >= 11 is 11.8. The van der Waals surface area contributed by atoms with E-state index in [9.17, 15) is 9.59 Å². The maximum absolute atomic E-state index is 12.2. The molecule has 0 spiro atoms. The van der Waals surface area contributed by atoms with Crippen LogP contribution >= 0.6 is 23.2 Å². The lowest BCUT2D eigenvalue weighted by Crippen LogP contribution is -2.26. The first-order valence-corrected chi connectivity index (χ1v) is 6.94. The molecule has 22 heavy (non-hydrogen) atoms. The van der Waals surface area contributed by atoms with Crippen LogP contribution in [0.5, 0.6) is 0 Å². The van der Waals surface area contributed by atoms with Gasteiger partial charge in [0.2, 0.25) is 0 Å². The molecule has 0 radical (unpaired) electrons. The van der Waals surface area contributed by atoms with Gasteiger partial charge in [0.1, 0.15) is 6.73 Å². The van der Waals surface area contributed by atoms with E-state index >= 15 is 0 Å². The summed E-state index contributed by atoms with van der Waals surface area (Å²) in [4.78, 5) is 23.2. The second-order valence-corrected chi connectivity index (χ2v) is 4.84. The van der Waals surface area contributed by atoms with E-state index in [1.165, 1.54) is 32.4 Å². The Labute approximate surface area is 138 Å². The molecular formula is C15H15Cl2NO4. The number of halogens is 2. The van der Waals surface area contributed by atoms with Crippen LogP contribution in [0.4, 0.5) is 0 Å². The first kappa shape index (κ1) is 18.2. The molecule has 0 fully saturated rings. The monoisotopic (exact) mass is 343 g/mol. The molecule has 0 aliphatic rings. The third-order valence-electron chi connectivity index (χ3n) is 2.55. The number of hydrogen-bond acceptors (Lipinski definition) is 4. The molecule has 0 aliphatic heterocycles. The zero-order valence-electron chi connectivity index (χ0n) is 12.1. The van der Waals surface area contributed by atoms with Crippen molar-refractivity contribution in [3.63, 3.8) is 0 Å². The van der Waals surface area contributed by atoms with Gasteiger partial charge in [0, 0.05) is 18.8 Å². The molecule has 0 saturated carbocycles. The zero-order valence-corrected chi connectivity index (χ0v) is 13.6. The van der Waals surface area contributed by atoms with Gasteiger partial charge < -0.3 is 14.8 Å². The van der Waals surface area contributed by atoms with Gasteiger partial charge in [-0.15, -0.1) is 0 Å². The van der Waals surface area contributed by atoms with Crippen LogP contribution in [0.1, 0.15) is 5.56 Å². The highest BCUT2D eigenvalue weighted by Gasteiger charge is 2.12. The SMILES string of the molecule is COCNC(=O)/C(=C/C=C\C(=O)OC)c1ccc(Cl)c(Cl)c1. The van der Waals surface area contributed by atoms with Gasteiger partial charge >= 0.3 is 5.97 Å². The Morgan fingerprint density at radius 1 is 1.23 bits per heavy atom. The van der Waals surface area contributed by atoms with E-state index in [4.69, 9.17) is 27.9 Å². The van der Waals surface area contributed by atoms with Gasteiger partial charge in [0.05, 0.1) is 17.2 Å². The summed E-state index contributed by atoms with van der Waals surface area (Å²) in [6.45, 7) is 0.0538. The molecule has 1 N–H and O–H groups in total. The second kappa shape index (κ2) is 9.25. The minimum absolute atomic E-state index is 0.0538. The number of methoxy groups -OCH3 is 2. The minimum Gasteiger partial charge on any atom is -0.466 e. The van der Waals surface area contributed by atoms with Gasteiger partial charge in [-0.3, -0.25) is 4.79 Å². The number of allylic oxidation sites excluding steroid dienone is 2. The smallest absolute Gasteiger partial charge is 0.330 e. The number of rotatable bonds is 6. The average Bonchev–Trinajstić information content (AvgIpc) is 2.51. The number of benzene rings is 1. The summed E-state index contributed by atoms with van der Waals surface area (Å²) in [6.07, 6.45) is 4.08. The standard InChI is InChI=1S/C15H15Cl2NO4/c1-21-9-18-15(20)11(4-3-5-14(19)22-2)10-6-7-12(16)13(17)8-10/h3-8H,9H2,1-2H3,(H,18,20)/b5-3-,11-4+. The minimum atomic E-state index is -0.526. The van der Waals surface area contributed by atoms with Crippen molar-refractivity contribution in [3.05, 3.63) is 52.0 Å². The largest absolute Gasteiger partial charge is 0.466 e. The van der Waals surface area contributed by atoms with E-state index in [0.717, 1.165) is 0 Å². The maximum atomic E-state index is 12.2. The van der Waals surface area contributed by atoms with Crippen LogP contribution in [-0.2, 0) is 19.1 Å². The van der Waals surface area contributed by atoms with Gasteiger partial charge in [0.25, 0.3) is 5.91 Å². The molecule has 0 unspecified atom stereocenters. The van der Waals surface area contributed by atoms with E-state index in [1.54, 1.807) is 18.2 Å². The quantitative estimate of drug-likeness (QED) is 0.373. The van der Waals surface area contributed by atoms with Gasteiger partial charge in [0.15, 0.2) is 0 Å². The summed E-state index contributed by atoms with van der Waals surface area (Å²) in [5, 5.41) is 3.26. The lowest BCUT2D eigenvalue weighted by molar-refractivity contribution is -0.134. The molecule has 0 atom stereocenters. The number of hydrogen-bond donors (Lipinski definition) is 1. The Balaban J connectivity index is 3.12. The Kier molecular flexibility index (Phi) is 7.66. The van der Waals surface area contributed by atoms with Crippen LogP contribution in [0, 0.1) is 0 Å². The van der Waals surface area contributed by atoms with Crippen molar-refractivity contribution in [2.24, 2.45) is 0 Å². The van der Waals surface area contributed by atoms with Gasteiger partial charge in [-0.05, 0) is 23.8 Å². The molecule has 0 bridgehead atoms. The molecule has 1 aromatic rings. The van der Waals surface area contributed by atoms with Crippen molar-refractivity contribution in [2.45, 2.75) is 0 Å². The fourth-order valence-corrected chi connectivity index (χ4v) is 1.79. The van der Waals surface area contributed by atoms with Gasteiger partial charge in [-0.25, -0.2) is 4.79 Å². The highest BCUT2D eigenvalue weighted by atomic mass is 35.5. The van der Waals surface area contributed by atoms with Crippen molar-refractivity contribution in [1.82, 2.24) is 5.32 Å². The molecule has 0 aromatic heterocycles. The maximum Gasteiger partial charge on any atom is 0.330 e. The summed E-state index contributed by atoms with van der Waals surface area (Å²) in [5.41, 5.74) is 0.855. The molecule has 0 saturated heterocycles. The molecule has 1 amide bonds. The summed E-state index contributed by atoms with van der Waals surface area (Å²) < 4.78 is 9.29. The molecule has 0 aliphatic carbocycles. The molecule has 5 nitrogen and oxygen atoms in total. The van der Waals surface area contributed by atoms with Crippen LogP contribution in [0.3, 0.4) is 0 Å². The lowest BCUT2D eigenvalue weighted by atomic mass is 10.0. The average molecular weight is 344 g/mol. The van der Waals surface area contributed by atoms with E-state index in [-0.39, 0.29) is 12.6 Å². The number of amides is 1. The number of esters is 1. The number of carbonyl (C=O) groups excluding carboxylic acids is 2. The Morgan fingerprint density at radius 2 is 1.95 bits per heavy atom. The highest BCUT2D eigenvalue weighted by Crippen LogP contribution is 2.26. The molecule has 0 heterocycles. The van der Waals surface area contributed by atoms with E-state index in [1.807, 2.05) is 0 Å². The Morgan fingerprint density at radius 3 is 2.55 bits per heavy atom. The van der Waals surface area contributed by atoms with Crippen molar-refractivity contribution >= 4 is 40.7 Å². The fourth-order valence-electron chi connectivity index (χ4n) is 1.49. The second-order valence-electron chi connectivity index (χ2n) is 4.03. The number of ether oxygens (including phenoxy) is 2. The van der Waals surface area contributed by atoms with Crippen molar-refractivity contribution in [3.8, 4) is 0 Å². The normalized spacial score (nSPS) is 11.5. The summed E-state index contributed by atoms with van der Waals surface area (Å²) in [5.74, 6) is -0.906. The molecule has 118 valence electrons. The number of carbonyl (C=O) groups is 2. The van der Waals surface area contributed by atoms with Crippen LogP contribution in [0.2, 0.25) is 10.0 Å². The highest BCUT2D eigenvalue weighted by molar-refractivity contribution is 6.42. The van der Waals surface area contributed by atoms with Gasteiger partial charge in [-0.2, -0.15) is 0 Å². The Bertz CT molecular complexity index is 612. The van der Waals surface area contributed by atoms with Gasteiger partial charge in [-0.1, -0.05) is 35.3 Å². The van der Waals surface area contributed by atoms with E-state index in [2.05, 4.69) is 10.1 Å². The fraction of sp³-hybridized carbons (Fsp3) is 0.200. The third kappa shape index (κ3) is 5.52. The molecule has 7 heteroatoms. The molecule has 1 rings (SSSR count). The summed E-state index contributed by atoms with van der Waals surface area (Å²) in [6, 6.07) is 4.80. The predicted octanol–water partition coefficient (Wildman–Crippen LogP) is 2.83. The first-order chi connectivity index (χ1) is 10.5. The van der Waals surface area contributed by atoms with Crippen LogP contribution in [0.15, 0.2) is 36.4 Å². The number of nitrogens with one attached hydrogen (secondary N) is 1. The predicted molar refractivity (Wildman–Crippen MR) is 85.6 cm³/mol. The summed E-state index contributed by atoms with van der Waals surface area (Å²) in [7, 11) is 2.72. The lowest BCUT2D eigenvalue weighted by Gasteiger charge is -2.09. The van der Waals surface area contributed by atoms with Crippen LogP contribution < -0.4 is 5.32 Å². The first-order valence-electron chi connectivity index (χ1n) is 6.18.